The van der Waals surface area contributed by atoms with E-state index in [1.165, 1.54) is 0 Å². The Labute approximate surface area is 91.0 Å². The maximum Gasteiger partial charge on any atom is 0.307 e. The second-order valence-electron chi connectivity index (χ2n) is 3.14. The van der Waals surface area contributed by atoms with Crippen molar-refractivity contribution in [1.82, 2.24) is 5.32 Å². The Morgan fingerprint density at radius 3 is 2.79 bits per heavy atom. The molecule has 84 valence electrons. The lowest BCUT2D eigenvalue weighted by atomic mass is 10.3. The summed E-state index contributed by atoms with van der Waals surface area (Å²) in [6, 6.07) is 0. The third kappa shape index (κ3) is 8.38. The molecule has 0 saturated carbocycles. The molecular weight excluding hydrogens is 198 g/mol. The van der Waals surface area contributed by atoms with Crippen molar-refractivity contribution in [3.05, 3.63) is 0 Å². The number of hydrogen-bond donors (Lipinski definition) is 1. The minimum atomic E-state index is -0.113. The van der Waals surface area contributed by atoms with Gasteiger partial charge in [-0.1, -0.05) is 6.92 Å². The van der Waals surface area contributed by atoms with Gasteiger partial charge in [0.15, 0.2) is 0 Å². The van der Waals surface area contributed by atoms with Crippen LogP contribution in [0.15, 0.2) is 0 Å². The van der Waals surface area contributed by atoms with Gasteiger partial charge >= 0.3 is 5.97 Å². The summed E-state index contributed by atoms with van der Waals surface area (Å²) < 4.78 is 4.81. The average molecular weight is 219 g/mol. The summed E-state index contributed by atoms with van der Waals surface area (Å²) in [5.74, 6) is -0.113. The van der Waals surface area contributed by atoms with Crippen LogP contribution in [-0.2, 0) is 9.53 Å². The van der Waals surface area contributed by atoms with Crippen molar-refractivity contribution in [2.75, 3.05) is 26.0 Å². The molecular formula is C10H21NO2S. The fourth-order valence-corrected chi connectivity index (χ4v) is 1.33. The zero-order valence-corrected chi connectivity index (χ0v) is 10.2. The highest BCUT2D eigenvalue weighted by Gasteiger charge is 2.01. The fraction of sp³-hybridized carbons (Fsp3) is 0.900. The van der Waals surface area contributed by atoms with E-state index in [-0.39, 0.29) is 5.97 Å². The van der Waals surface area contributed by atoms with E-state index in [2.05, 4.69) is 18.5 Å². The molecule has 0 aromatic heterocycles. The van der Waals surface area contributed by atoms with Crippen molar-refractivity contribution in [3.8, 4) is 0 Å². The molecule has 4 heteroatoms. The largest absolute Gasteiger partial charge is 0.466 e. The summed E-state index contributed by atoms with van der Waals surface area (Å²) in [4.78, 5) is 10.9. The Kier molecular flexibility index (Phi) is 9.19. The minimum Gasteiger partial charge on any atom is -0.466 e. The van der Waals surface area contributed by atoms with Crippen LogP contribution in [-0.4, -0.2) is 37.2 Å². The van der Waals surface area contributed by atoms with Crippen LogP contribution in [0.4, 0.5) is 0 Å². The second kappa shape index (κ2) is 9.34. The smallest absolute Gasteiger partial charge is 0.307 e. The molecule has 0 amide bonds. The van der Waals surface area contributed by atoms with Gasteiger partial charge in [0, 0.05) is 11.8 Å². The summed E-state index contributed by atoms with van der Waals surface area (Å²) in [6.45, 7) is 6.20. The van der Waals surface area contributed by atoms with E-state index in [0.717, 1.165) is 19.5 Å². The minimum absolute atomic E-state index is 0.113. The van der Waals surface area contributed by atoms with Gasteiger partial charge in [-0.3, -0.25) is 4.79 Å². The molecule has 3 nitrogen and oxygen atoms in total. The van der Waals surface area contributed by atoms with Crippen LogP contribution in [0, 0.1) is 0 Å². The average Bonchev–Trinajstić information content (AvgIpc) is 2.17. The highest BCUT2D eigenvalue weighted by Crippen LogP contribution is 2.07. The van der Waals surface area contributed by atoms with Crippen molar-refractivity contribution in [3.63, 3.8) is 0 Å². The number of nitrogens with one attached hydrogen (secondary N) is 1. The molecule has 0 aliphatic rings. The normalized spacial score (nSPS) is 12.5. The van der Waals surface area contributed by atoms with E-state index >= 15 is 0 Å². The van der Waals surface area contributed by atoms with Crippen molar-refractivity contribution in [2.45, 2.75) is 31.9 Å². The lowest BCUT2D eigenvalue weighted by Crippen LogP contribution is -2.22. The van der Waals surface area contributed by atoms with Gasteiger partial charge in [0.1, 0.15) is 0 Å². The molecule has 1 N–H and O–H groups in total. The Bertz CT molecular complexity index is 153. The predicted molar refractivity (Wildman–Crippen MR) is 61.7 cm³/mol. The Hall–Kier alpha value is -0.220. The van der Waals surface area contributed by atoms with Gasteiger partial charge in [-0.15, -0.1) is 0 Å². The van der Waals surface area contributed by atoms with E-state index in [1.54, 1.807) is 0 Å². The molecule has 14 heavy (non-hydrogen) atoms. The maximum absolute atomic E-state index is 10.9. The zero-order chi connectivity index (χ0) is 10.8. The number of thioether (sulfide) groups is 1. The third-order valence-corrected chi connectivity index (χ3v) is 2.98. The Morgan fingerprint density at radius 1 is 1.50 bits per heavy atom. The molecule has 0 saturated heterocycles. The van der Waals surface area contributed by atoms with E-state index < -0.39 is 0 Å². The highest BCUT2D eigenvalue weighted by atomic mass is 32.2. The zero-order valence-electron chi connectivity index (χ0n) is 9.34. The van der Waals surface area contributed by atoms with Crippen LogP contribution in [0.25, 0.3) is 0 Å². The molecule has 0 rings (SSSR count). The molecule has 0 aliphatic carbocycles. The van der Waals surface area contributed by atoms with Crippen molar-refractivity contribution in [2.24, 2.45) is 0 Å². The first-order valence-corrected chi connectivity index (χ1v) is 6.38. The number of carbonyl (C=O) groups is 1. The molecule has 1 unspecified atom stereocenters. The van der Waals surface area contributed by atoms with Crippen LogP contribution >= 0.6 is 11.8 Å². The van der Waals surface area contributed by atoms with Crippen LogP contribution in [0.2, 0.25) is 0 Å². The molecule has 0 radical (unpaired) electrons. The van der Waals surface area contributed by atoms with Gasteiger partial charge in [0.05, 0.1) is 13.0 Å². The monoisotopic (exact) mass is 219 g/mol. The Balaban J connectivity index is 3.17. The summed E-state index contributed by atoms with van der Waals surface area (Å²) in [7, 11) is 0. The third-order valence-electron chi connectivity index (χ3n) is 1.94. The van der Waals surface area contributed by atoms with Crippen LogP contribution in [0.5, 0.6) is 0 Å². The standard InChI is InChI=1S/C10H21NO2S/c1-4-13-10(12)6-8-11-7-5-9(2)14-3/h9,11H,4-8H2,1-3H3. The van der Waals surface area contributed by atoms with E-state index in [9.17, 15) is 4.79 Å². The lowest BCUT2D eigenvalue weighted by Gasteiger charge is -2.08. The van der Waals surface area contributed by atoms with E-state index in [1.807, 2.05) is 18.7 Å². The maximum atomic E-state index is 10.9. The van der Waals surface area contributed by atoms with Gasteiger partial charge in [0.2, 0.25) is 0 Å². The number of carbonyl (C=O) groups excluding carboxylic acids is 1. The topological polar surface area (TPSA) is 38.3 Å². The van der Waals surface area contributed by atoms with Crippen molar-refractivity contribution in [1.29, 1.82) is 0 Å². The fourth-order valence-electron chi connectivity index (χ4n) is 0.972. The quantitative estimate of drug-likeness (QED) is 0.498. The molecule has 0 aliphatic heterocycles. The first-order valence-electron chi connectivity index (χ1n) is 5.09. The lowest BCUT2D eigenvalue weighted by molar-refractivity contribution is -0.142. The molecule has 0 fully saturated rings. The molecule has 0 aromatic carbocycles. The predicted octanol–water partition coefficient (Wildman–Crippen LogP) is 1.67. The molecule has 0 bridgehead atoms. The SMILES string of the molecule is CCOC(=O)CCNCCC(C)SC. The number of rotatable bonds is 8. The van der Waals surface area contributed by atoms with Crippen LogP contribution in [0.3, 0.4) is 0 Å². The summed E-state index contributed by atoms with van der Waals surface area (Å²) in [5.41, 5.74) is 0. The van der Waals surface area contributed by atoms with Gasteiger partial charge in [0.25, 0.3) is 0 Å². The second-order valence-corrected chi connectivity index (χ2v) is 4.42. The highest BCUT2D eigenvalue weighted by molar-refractivity contribution is 7.99. The Morgan fingerprint density at radius 2 is 2.21 bits per heavy atom. The number of ether oxygens (including phenoxy) is 1. The van der Waals surface area contributed by atoms with Crippen LogP contribution < -0.4 is 5.32 Å². The van der Waals surface area contributed by atoms with E-state index in [4.69, 9.17) is 4.74 Å². The summed E-state index contributed by atoms with van der Waals surface area (Å²) in [6.07, 6.45) is 3.73. The van der Waals surface area contributed by atoms with Gasteiger partial charge in [-0.05, 0) is 26.1 Å². The first-order chi connectivity index (χ1) is 6.70. The van der Waals surface area contributed by atoms with Crippen molar-refractivity contribution < 1.29 is 9.53 Å². The number of esters is 1. The summed E-state index contributed by atoms with van der Waals surface area (Å²) >= 11 is 1.87. The van der Waals surface area contributed by atoms with Gasteiger partial charge in [-0.25, -0.2) is 0 Å². The van der Waals surface area contributed by atoms with Gasteiger partial charge < -0.3 is 10.1 Å². The van der Waals surface area contributed by atoms with Gasteiger partial charge in [-0.2, -0.15) is 11.8 Å². The molecule has 0 spiro atoms. The molecule has 0 aromatic rings. The van der Waals surface area contributed by atoms with Crippen molar-refractivity contribution >= 4 is 17.7 Å². The molecule has 1 atom stereocenters. The van der Waals surface area contributed by atoms with E-state index in [0.29, 0.717) is 18.3 Å². The summed E-state index contributed by atoms with van der Waals surface area (Å²) in [5, 5.41) is 3.91. The first kappa shape index (κ1) is 13.8. The molecule has 0 heterocycles. The van der Waals surface area contributed by atoms with Crippen LogP contribution in [0.1, 0.15) is 26.7 Å². The number of hydrogen-bond acceptors (Lipinski definition) is 4.